The Kier molecular flexibility index (Phi) is 3.12. The molecule has 0 aromatic rings. The van der Waals surface area contributed by atoms with Crippen molar-refractivity contribution in [2.45, 2.75) is 47.0 Å². The first-order valence-electron chi connectivity index (χ1n) is 6.73. The lowest BCUT2D eigenvalue weighted by molar-refractivity contribution is 0.212. The molecule has 0 aromatic carbocycles. The molecular formula is C14H27N. The Labute approximate surface area is 95.2 Å². The van der Waals surface area contributed by atoms with Gasteiger partial charge in [-0.1, -0.05) is 27.7 Å². The highest BCUT2D eigenvalue weighted by atomic mass is 15.2. The molecule has 1 nitrogen and oxygen atoms in total. The monoisotopic (exact) mass is 209 g/mol. The summed E-state index contributed by atoms with van der Waals surface area (Å²) in [4.78, 5) is 2.69. The highest BCUT2D eigenvalue weighted by Crippen LogP contribution is 2.48. The number of fused-ring (bicyclic) bond motifs is 1. The lowest BCUT2D eigenvalue weighted by Gasteiger charge is -2.28. The van der Waals surface area contributed by atoms with Gasteiger partial charge in [-0.05, 0) is 49.0 Å². The van der Waals surface area contributed by atoms with Crippen molar-refractivity contribution in [2.75, 3.05) is 19.6 Å². The van der Waals surface area contributed by atoms with Gasteiger partial charge in [-0.25, -0.2) is 0 Å². The first-order valence-corrected chi connectivity index (χ1v) is 6.73. The van der Waals surface area contributed by atoms with Gasteiger partial charge in [0.1, 0.15) is 0 Å². The predicted molar refractivity (Wildman–Crippen MR) is 65.9 cm³/mol. The minimum atomic E-state index is 0.542. The van der Waals surface area contributed by atoms with Gasteiger partial charge in [-0.2, -0.15) is 0 Å². The molecule has 15 heavy (non-hydrogen) atoms. The summed E-state index contributed by atoms with van der Waals surface area (Å²) < 4.78 is 0. The number of nitrogens with zero attached hydrogens (tertiary/aromatic N) is 1. The van der Waals surface area contributed by atoms with Crippen LogP contribution in [0.1, 0.15) is 47.0 Å². The zero-order valence-electron chi connectivity index (χ0n) is 10.9. The fourth-order valence-electron chi connectivity index (χ4n) is 3.60. The molecule has 2 atom stereocenters. The molecule has 2 rings (SSSR count). The van der Waals surface area contributed by atoms with E-state index in [0.717, 1.165) is 17.8 Å². The van der Waals surface area contributed by atoms with E-state index in [-0.39, 0.29) is 0 Å². The molecule has 2 unspecified atom stereocenters. The minimum Gasteiger partial charge on any atom is -0.303 e. The Morgan fingerprint density at radius 3 is 2.00 bits per heavy atom. The van der Waals surface area contributed by atoms with Crippen LogP contribution in [0.3, 0.4) is 0 Å². The summed E-state index contributed by atoms with van der Waals surface area (Å²) in [6, 6.07) is 0. The van der Waals surface area contributed by atoms with Gasteiger partial charge in [0, 0.05) is 13.1 Å². The van der Waals surface area contributed by atoms with Crippen molar-refractivity contribution >= 4 is 0 Å². The lowest BCUT2D eigenvalue weighted by atomic mass is 9.79. The van der Waals surface area contributed by atoms with E-state index < -0.39 is 0 Å². The molecule has 0 spiro atoms. The average molecular weight is 209 g/mol. The Balaban J connectivity index is 1.88. The van der Waals surface area contributed by atoms with Crippen molar-refractivity contribution in [3.8, 4) is 0 Å². The smallest absolute Gasteiger partial charge is 0.00130 e. The SMILES string of the molecule is CCCN1CC2CC(C(C)(C)C)CC2C1. The Morgan fingerprint density at radius 1 is 1.07 bits per heavy atom. The average Bonchev–Trinajstić information content (AvgIpc) is 2.59. The zero-order valence-corrected chi connectivity index (χ0v) is 10.9. The second-order valence-corrected chi connectivity index (χ2v) is 6.81. The van der Waals surface area contributed by atoms with Crippen LogP contribution in [0.4, 0.5) is 0 Å². The molecule has 0 N–H and O–H groups in total. The maximum Gasteiger partial charge on any atom is 0.00130 e. The van der Waals surface area contributed by atoms with Crippen molar-refractivity contribution in [1.82, 2.24) is 4.90 Å². The van der Waals surface area contributed by atoms with Crippen molar-refractivity contribution in [3.63, 3.8) is 0 Å². The van der Waals surface area contributed by atoms with Crippen molar-refractivity contribution < 1.29 is 0 Å². The van der Waals surface area contributed by atoms with Gasteiger partial charge < -0.3 is 4.90 Å². The van der Waals surface area contributed by atoms with Gasteiger partial charge >= 0.3 is 0 Å². The summed E-state index contributed by atoms with van der Waals surface area (Å²) in [6.45, 7) is 13.7. The molecule has 1 aliphatic carbocycles. The van der Waals surface area contributed by atoms with Gasteiger partial charge in [-0.3, -0.25) is 0 Å². The molecule has 1 saturated carbocycles. The van der Waals surface area contributed by atoms with Crippen LogP contribution in [-0.2, 0) is 0 Å². The molecule has 2 aliphatic rings. The molecule has 0 radical (unpaired) electrons. The van der Waals surface area contributed by atoms with E-state index >= 15 is 0 Å². The second-order valence-electron chi connectivity index (χ2n) is 6.81. The van der Waals surface area contributed by atoms with Gasteiger partial charge in [-0.15, -0.1) is 0 Å². The van der Waals surface area contributed by atoms with E-state index in [9.17, 15) is 0 Å². The maximum atomic E-state index is 2.69. The fraction of sp³-hybridized carbons (Fsp3) is 1.00. The summed E-state index contributed by atoms with van der Waals surface area (Å²) in [5, 5.41) is 0. The van der Waals surface area contributed by atoms with E-state index in [4.69, 9.17) is 0 Å². The van der Waals surface area contributed by atoms with E-state index in [0.29, 0.717) is 5.41 Å². The van der Waals surface area contributed by atoms with Crippen LogP contribution in [0.2, 0.25) is 0 Å². The molecule has 0 amide bonds. The van der Waals surface area contributed by atoms with Crippen molar-refractivity contribution in [3.05, 3.63) is 0 Å². The van der Waals surface area contributed by atoms with Crippen LogP contribution in [0.15, 0.2) is 0 Å². The molecule has 0 aromatic heterocycles. The predicted octanol–water partition coefficient (Wildman–Crippen LogP) is 3.40. The molecule has 0 bridgehead atoms. The molecule has 1 heteroatoms. The highest BCUT2D eigenvalue weighted by Gasteiger charge is 2.43. The topological polar surface area (TPSA) is 3.24 Å². The summed E-state index contributed by atoms with van der Waals surface area (Å²) in [5.74, 6) is 3.04. The van der Waals surface area contributed by atoms with Crippen LogP contribution >= 0.6 is 0 Å². The van der Waals surface area contributed by atoms with E-state index in [1.807, 2.05) is 0 Å². The first-order chi connectivity index (χ1) is 7.00. The van der Waals surface area contributed by atoms with Gasteiger partial charge in [0.15, 0.2) is 0 Å². The van der Waals surface area contributed by atoms with Crippen LogP contribution in [-0.4, -0.2) is 24.5 Å². The van der Waals surface area contributed by atoms with E-state index in [1.54, 1.807) is 0 Å². The maximum absolute atomic E-state index is 2.69. The Bertz CT molecular complexity index is 202. The quantitative estimate of drug-likeness (QED) is 0.674. The summed E-state index contributed by atoms with van der Waals surface area (Å²) >= 11 is 0. The van der Waals surface area contributed by atoms with Crippen molar-refractivity contribution in [1.29, 1.82) is 0 Å². The molecule has 1 heterocycles. The third kappa shape index (κ3) is 2.38. The first kappa shape index (κ1) is 11.4. The zero-order chi connectivity index (χ0) is 11.1. The normalized spacial score (nSPS) is 37.2. The summed E-state index contributed by atoms with van der Waals surface area (Å²) in [5.41, 5.74) is 0.542. The number of rotatable bonds is 2. The van der Waals surface area contributed by atoms with Crippen LogP contribution in [0, 0.1) is 23.2 Å². The Hall–Kier alpha value is -0.0400. The molecule has 2 fully saturated rings. The molecular weight excluding hydrogens is 182 g/mol. The standard InChI is InChI=1S/C14H27N/c1-5-6-15-9-11-7-13(14(2,3)4)8-12(11)10-15/h11-13H,5-10H2,1-4H3. The summed E-state index contributed by atoms with van der Waals surface area (Å²) in [7, 11) is 0. The largest absolute Gasteiger partial charge is 0.303 e. The van der Waals surface area contributed by atoms with E-state index in [1.165, 1.54) is 38.9 Å². The van der Waals surface area contributed by atoms with Gasteiger partial charge in [0.05, 0.1) is 0 Å². The van der Waals surface area contributed by atoms with Crippen LogP contribution < -0.4 is 0 Å². The third-order valence-corrected chi connectivity index (χ3v) is 4.59. The number of hydrogen-bond donors (Lipinski definition) is 0. The summed E-state index contributed by atoms with van der Waals surface area (Å²) in [6.07, 6.45) is 4.31. The number of hydrogen-bond acceptors (Lipinski definition) is 1. The number of likely N-dealkylation sites (tertiary alicyclic amines) is 1. The lowest BCUT2D eigenvalue weighted by Crippen LogP contribution is -2.25. The third-order valence-electron chi connectivity index (χ3n) is 4.59. The highest BCUT2D eigenvalue weighted by molar-refractivity contribution is 4.95. The second kappa shape index (κ2) is 4.08. The van der Waals surface area contributed by atoms with Crippen LogP contribution in [0.25, 0.3) is 0 Å². The van der Waals surface area contributed by atoms with Crippen molar-refractivity contribution in [2.24, 2.45) is 23.2 Å². The minimum absolute atomic E-state index is 0.542. The van der Waals surface area contributed by atoms with Gasteiger partial charge in [0.25, 0.3) is 0 Å². The Morgan fingerprint density at radius 2 is 1.60 bits per heavy atom. The van der Waals surface area contributed by atoms with E-state index in [2.05, 4.69) is 32.6 Å². The fourth-order valence-corrected chi connectivity index (χ4v) is 3.60. The molecule has 1 saturated heterocycles. The van der Waals surface area contributed by atoms with Gasteiger partial charge in [0.2, 0.25) is 0 Å². The van der Waals surface area contributed by atoms with Crippen LogP contribution in [0.5, 0.6) is 0 Å². The molecule has 88 valence electrons. The molecule has 1 aliphatic heterocycles.